The van der Waals surface area contributed by atoms with E-state index in [1.807, 2.05) is 31.6 Å². The molecule has 7 heteroatoms. The highest BCUT2D eigenvalue weighted by Gasteiger charge is 2.07. The molecule has 2 heterocycles. The van der Waals surface area contributed by atoms with Gasteiger partial charge in [0, 0.05) is 7.05 Å². The highest BCUT2D eigenvalue weighted by molar-refractivity contribution is 5.85. The Bertz CT molecular complexity index is 534. The van der Waals surface area contributed by atoms with Crippen molar-refractivity contribution in [3.8, 4) is 0 Å². The number of rotatable bonds is 5. The molecule has 2 aromatic rings. The molecule has 0 aromatic carbocycles. The Kier molecular flexibility index (Phi) is 5.35. The largest absolute Gasteiger partial charge is 0.377 e. The average Bonchev–Trinajstić information content (AvgIpc) is 2.82. The van der Waals surface area contributed by atoms with Crippen LogP contribution in [-0.4, -0.2) is 26.2 Å². The van der Waals surface area contributed by atoms with Crippen LogP contribution in [0.15, 0.2) is 12.3 Å². The Balaban J connectivity index is 0.00000180. The molecule has 5 nitrogen and oxygen atoms in total. The second-order valence-electron chi connectivity index (χ2n) is 4.31. The summed E-state index contributed by atoms with van der Waals surface area (Å²) < 4.78 is 15.8. The molecule has 0 bridgehead atoms. The molecule has 2 aromatic heterocycles. The molecular weight excluding hydrogens is 269 g/mol. The number of alkyl halides is 1. The third-order valence-corrected chi connectivity index (χ3v) is 2.96. The van der Waals surface area contributed by atoms with Crippen LogP contribution in [-0.2, 0) is 20.1 Å². The molecule has 2 rings (SSSR count). The van der Waals surface area contributed by atoms with Crippen LogP contribution in [0.3, 0.4) is 0 Å². The quantitative estimate of drug-likeness (QED) is 0.917. The summed E-state index contributed by atoms with van der Waals surface area (Å²) >= 11 is 0. The number of hydrogen-bond donors (Lipinski definition) is 1. The summed E-state index contributed by atoms with van der Waals surface area (Å²) in [6, 6.07) is 2.04. The molecule has 0 radical (unpaired) electrons. The van der Waals surface area contributed by atoms with E-state index in [0.717, 1.165) is 22.8 Å². The van der Waals surface area contributed by atoms with Crippen molar-refractivity contribution >= 4 is 18.1 Å². The monoisotopic (exact) mass is 287 g/mol. The van der Waals surface area contributed by atoms with E-state index in [1.165, 1.54) is 0 Å². The first kappa shape index (κ1) is 15.5. The number of nitrogens with zero attached hydrogens (tertiary/aromatic N) is 4. The van der Waals surface area contributed by atoms with Crippen LogP contribution in [0.5, 0.6) is 0 Å². The molecule has 0 unspecified atom stereocenters. The van der Waals surface area contributed by atoms with Gasteiger partial charge in [0.15, 0.2) is 0 Å². The van der Waals surface area contributed by atoms with E-state index in [2.05, 4.69) is 15.5 Å². The summed E-state index contributed by atoms with van der Waals surface area (Å²) in [6.45, 7) is 4.48. The second-order valence-corrected chi connectivity index (χ2v) is 4.31. The van der Waals surface area contributed by atoms with Gasteiger partial charge in [-0.2, -0.15) is 10.2 Å². The molecule has 1 N–H and O–H groups in total. The van der Waals surface area contributed by atoms with E-state index < -0.39 is 6.67 Å². The number of hydrogen-bond acceptors (Lipinski definition) is 3. The lowest BCUT2D eigenvalue weighted by Gasteiger charge is -2.06. The number of aryl methyl sites for hydroxylation is 3. The van der Waals surface area contributed by atoms with Crippen molar-refractivity contribution in [1.29, 1.82) is 0 Å². The van der Waals surface area contributed by atoms with Gasteiger partial charge in [-0.15, -0.1) is 12.4 Å². The molecule has 0 amide bonds. The van der Waals surface area contributed by atoms with Gasteiger partial charge in [-0.25, -0.2) is 4.39 Å². The van der Waals surface area contributed by atoms with Gasteiger partial charge in [-0.3, -0.25) is 9.36 Å². The molecule has 0 saturated heterocycles. The molecule has 0 aliphatic carbocycles. The van der Waals surface area contributed by atoms with Gasteiger partial charge in [-0.05, 0) is 19.9 Å². The SMILES string of the molecule is Cc1cc(CNc2cnn(CCF)c2C)n(C)n1.Cl. The van der Waals surface area contributed by atoms with E-state index >= 15 is 0 Å². The van der Waals surface area contributed by atoms with Crippen molar-refractivity contribution in [3.05, 3.63) is 29.3 Å². The normalized spacial score (nSPS) is 10.3. The Morgan fingerprint density at radius 1 is 1.37 bits per heavy atom. The zero-order chi connectivity index (χ0) is 13.1. The van der Waals surface area contributed by atoms with Gasteiger partial charge in [-0.1, -0.05) is 0 Å². The fourth-order valence-corrected chi connectivity index (χ4v) is 1.94. The smallest absolute Gasteiger partial charge is 0.109 e. The lowest BCUT2D eigenvalue weighted by Crippen LogP contribution is -2.07. The summed E-state index contributed by atoms with van der Waals surface area (Å²) in [4.78, 5) is 0. The Morgan fingerprint density at radius 2 is 2.11 bits per heavy atom. The van der Waals surface area contributed by atoms with E-state index in [4.69, 9.17) is 0 Å². The highest BCUT2D eigenvalue weighted by atomic mass is 35.5. The highest BCUT2D eigenvalue weighted by Crippen LogP contribution is 2.15. The number of halogens is 2. The van der Waals surface area contributed by atoms with Crippen molar-refractivity contribution in [1.82, 2.24) is 19.6 Å². The zero-order valence-corrected chi connectivity index (χ0v) is 12.2. The number of aromatic nitrogens is 4. The minimum atomic E-state index is -0.400. The Labute approximate surface area is 118 Å². The molecular formula is C12H19ClFN5. The van der Waals surface area contributed by atoms with Crippen LogP contribution in [0.4, 0.5) is 10.1 Å². The predicted molar refractivity (Wildman–Crippen MR) is 75.5 cm³/mol. The Morgan fingerprint density at radius 3 is 2.68 bits per heavy atom. The first-order valence-electron chi connectivity index (χ1n) is 5.93. The minimum Gasteiger partial charge on any atom is -0.377 e. The van der Waals surface area contributed by atoms with Crippen LogP contribution < -0.4 is 5.32 Å². The molecule has 0 saturated carbocycles. The van der Waals surface area contributed by atoms with Gasteiger partial charge in [0.1, 0.15) is 6.67 Å². The Hall–Kier alpha value is -1.56. The maximum absolute atomic E-state index is 12.3. The molecule has 0 spiro atoms. The van der Waals surface area contributed by atoms with Gasteiger partial charge in [0.2, 0.25) is 0 Å². The molecule has 19 heavy (non-hydrogen) atoms. The van der Waals surface area contributed by atoms with Crippen molar-refractivity contribution in [2.45, 2.75) is 26.9 Å². The summed E-state index contributed by atoms with van der Waals surface area (Å²) in [5.74, 6) is 0. The van der Waals surface area contributed by atoms with Gasteiger partial charge < -0.3 is 5.32 Å². The number of anilines is 1. The van der Waals surface area contributed by atoms with Crippen molar-refractivity contribution in [3.63, 3.8) is 0 Å². The van der Waals surface area contributed by atoms with E-state index in [9.17, 15) is 4.39 Å². The van der Waals surface area contributed by atoms with E-state index in [-0.39, 0.29) is 12.4 Å². The fourth-order valence-electron chi connectivity index (χ4n) is 1.94. The second kappa shape index (κ2) is 6.56. The van der Waals surface area contributed by atoms with Crippen LogP contribution in [0, 0.1) is 13.8 Å². The van der Waals surface area contributed by atoms with Crippen LogP contribution in [0.25, 0.3) is 0 Å². The standard InChI is InChI=1S/C12H18FN5.ClH/c1-9-6-11(17(3)16-9)7-14-12-8-15-18(5-4-13)10(12)2;/h6,8,14H,4-5,7H2,1-3H3;1H. The molecule has 106 valence electrons. The van der Waals surface area contributed by atoms with Crippen LogP contribution >= 0.6 is 12.4 Å². The first-order valence-corrected chi connectivity index (χ1v) is 5.93. The van der Waals surface area contributed by atoms with Gasteiger partial charge in [0.25, 0.3) is 0 Å². The van der Waals surface area contributed by atoms with E-state index in [0.29, 0.717) is 13.1 Å². The summed E-state index contributed by atoms with van der Waals surface area (Å²) in [6.07, 6.45) is 1.73. The summed E-state index contributed by atoms with van der Waals surface area (Å²) in [7, 11) is 1.92. The molecule has 0 aliphatic heterocycles. The van der Waals surface area contributed by atoms with Crippen molar-refractivity contribution < 1.29 is 4.39 Å². The van der Waals surface area contributed by atoms with Crippen LogP contribution in [0.1, 0.15) is 17.1 Å². The zero-order valence-electron chi connectivity index (χ0n) is 11.4. The first-order chi connectivity index (χ1) is 8.61. The van der Waals surface area contributed by atoms with Crippen LogP contribution in [0.2, 0.25) is 0 Å². The molecule has 0 fully saturated rings. The third-order valence-electron chi connectivity index (χ3n) is 2.96. The van der Waals surface area contributed by atoms with Crippen molar-refractivity contribution in [2.75, 3.05) is 12.0 Å². The third kappa shape index (κ3) is 3.47. The molecule has 0 atom stereocenters. The number of nitrogens with one attached hydrogen (secondary N) is 1. The maximum atomic E-state index is 12.3. The lowest BCUT2D eigenvalue weighted by molar-refractivity contribution is 0.423. The minimum absolute atomic E-state index is 0. The topological polar surface area (TPSA) is 47.7 Å². The van der Waals surface area contributed by atoms with Gasteiger partial charge in [0.05, 0.1) is 42.1 Å². The van der Waals surface area contributed by atoms with Gasteiger partial charge >= 0.3 is 0 Å². The fraction of sp³-hybridized carbons (Fsp3) is 0.500. The van der Waals surface area contributed by atoms with E-state index in [1.54, 1.807) is 10.9 Å². The lowest BCUT2D eigenvalue weighted by atomic mass is 10.3. The summed E-state index contributed by atoms with van der Waals surface area (Å²) in [5, 5.41) is 11.7. The average molecular weight is 288 g/mol. The molecule has 0 aliphatic rings. The maximum Gasteiger partial charge on any atom is 0.109 e. The predicted octanol–water partition coefficient (Wildman–Crippen LogP) is 2.24. The summed E-state index contributed by atoms with van der Waals surface area (Å²) in [5.41, 5.74) is 3.98. The van der Waals surface area contributed by atoms with Crippen molar-refractivity contribution in [2.24, 2.45) is 7.05 Å².